The van der Waals surface area contributed by atoms with E-state index in [1.165, 1.54) is 6.07 Å². The Balaban J connectivity index is 1.46. The molecule has 0 bridgehead atoms. The SMILES string of the molecule is O=C(Nc1ccc(-c2cccnc2)nc1)[C@@H]1CCCN1c1ccc(=O)[nH]c1. The van der Waals surface area contributed by atoms with Crippen LogP contribution in [0.3, 0.4) is 0 Å². The lowest BCUT2D eigenvalue weighted by molar-refractivity contribution is -0.117. The van der Waals surface area contributed by atoms with Gasteiger partial charge in [-0.15, -0.1) is 0 Å². The van der Waals surface area contributed by atoms with E-state index in [9.17, 15) is 9.59 Å². The summed E-state index contributed by atoms with van der Waals surface area (Å²) in [6, 6.07) is 10.5. The van der Waals surface area contributed by atoms with Gasteiger partial charge in [0.05, 0.1) is 23.3 Å². The zero-order valence-corrected chi connectivity index (χ0v) is 14.6. The predicted octanol–water partition coefficient (Wildman–Crippen LogP) is 2.44. The molecule has 3 aromatic heterocycles. The number of anilines is 2. The average molecular weight is 361 g/mol. The van der Waals surface area contributed by atoms with Crippen LogP contribution in [-0.4, -0.2) is 33.4 Å². The van der Waals surface area contributed by atoms with E-state index in [2.05, 4.69) is 20.3 Å². The average Bonchev–Trinajstić information content (AvgIpc) is 3.20. The largest absolute Gasteiger partial charge is 0.358 e. The summed E-state index contributed by atoms with van der Waals surface area (Å²) in [6.07, 6.45) is 8.47. The fourth-order valence-corrected chi connectivity index (χ4v) is 3.31. The number of nitrogens with one attached hydrogen (secondary N) is 2. The number of aromatic nitrogens is 3. The Labute approximate surface area is 156 Å². The van der Waals surface area contributed by atoms with Crippen LogP contribution in [0.1, 0.15) is 12.8 Å². The van der Waals surface area contributed by atoms with Crippen molar-refractivity contribution in [3.63, 3.8) is 0 Å². The number of amides is 1. The molecule has 1 atom stereocenters. The monoisotopic (exact) mass is 361 g/mol. The minimum absolute atomic E-state index is 0.0744. The first-order valence-electron chi connectivity index (χ1n) is 8.83. The second-order valence-corrected chi connectivity index (χ2v) is 6.43. The van der Waals surface area contributed by atoms with Crippen molar-refractivity contribution in [1.82, 2.24) is 15.0 Å². The van der Waals surface area contributed by atoms with E-state index in [-0.39, 0.29) is 17.5 Å². The molecule has 0 aromatic carbocycles. The molecule has 0 unspecified atom stereocenters. The topological polar surface area (TPSA) is 91.0 Å². The summed E-state index contributed by atoms with van der Waals surface area (Å²) < 4.78 is 0. The lowest BCUT2D eigenvalue weighted by atomic mass is 10.1. The standard InChI is InChI=1S/C20H19N5O2/c26-19-8-6-16(13-23-19)25-10-2-4-18(25)20(27)24-15-5-7-17(22-12-15)14-3-1-9-21-11-14/h1,3,5-9,11-13,18H,2,4,10H2,(H,23,26)(H,24,27)/t18-/m0/s1. The maximum atomic E-state index is 12.8. The first-order chi connectivity index (χ1) is 13.2. The molecule has 1 fully saturated rings. The van der Waals surface area contributed by atoms with Gasteiger partial charge in [-0.3, -0.25) is 19.6 Å². The van der Waals surface area contributed by atoms with Gasteiger partial charge in [-0.2, -0.15) is 0 Å². The molecule has 1 saturated heterocycles. The minimum atomic E-state index is -0.270. The Morgan fingerprint density at radius 2 is 2.11 bits per heavy atom. The van der Waals surface area contributed by atoms with Crippen LogP contribution >= 0.6 is 0 Å². The summed E-state index contributed by atoms with van der Waals surface area (Å²) in [6.45, 7) is 0.780. The van der Waals surface area contributed by atoms with Crippen LogP contribution in [0.25, 0.3) is 11.3 Å². The van der Waals surface area contributed by atoms with Crippen LogP contribution in [0.2, 0.25) is 0 Å². The highest BCUT2D eigenvalue weighted by molar-refractivity contribution is 5.97. The Morgan fingerprint density at radius 3 is 2.81 bits per heavy atom. The van der Waals surface area contributed by atoms with E-state index in [1.807, 2.05) is 29.2 Å². The summed E-state index contributed by atoms with van der Waals surface area (Å²) in [4.78, 5) is 37.2. The molecule has 0 radical (unpaired) electrons. The molecule has 4 rings (SSSR count). The second-order valence-electron chi connectivity index (χ2n) is 6.43. The van der Waals surface area contributed by atoms with Crippen molar-refractivity contribution in [2.24, 2.45) is 0 Å². The number of pyridine rings is 3. The molecule has 4 heterocycles. The van der Waals surface area contributed by atoms with Gasteiger partial charge in [0.2, 0.25) is 11.5 Å². The van der Waals surface area contributed by atoms with Crippen LogP contribution < -0.4 is 15.8 Å². The van der Waals surface area contributed by atoms with Gasteiger partial charge in [0, 0.05) is 36.8 Å². The lowest BCUT2D eigenvalue weighted by Gasteiger charge is -2.25. The van der Waals surface area contributed by atoms with E-state index in [0.717, 1.165) is 36.3 Å². The highest BCUT2D eigenvalue weighted by Crippen LogP contribution is 2.25. The number of rotatable bonds is 4. The van der Waals surface area contributed by atoms with Gasteiger partial charge in [0.1, 0.15) is 6.04 Å². The number of aromatic amines is 1. The van der Waals surface area contributed by atoms with E-state index in [0.29, 0.717) is 5.69 Å². The number of hydrogen-bond acceptors (Lipinski definition) is 5. The van der Waals surface area contributed by atoms with Crippen molar-refractivity contribution in [2.75, 3.05) is 16.8 Å². The van der Waals surface area contributed by atoms with Crippen molar-refractivity contribution >= 4 is 17.3 Å². The first kappa shape index (κ1) is 17.0. The molecular weight excluding hydrogens is 342 g/mol. The van der Waals surface area contributed by atoms with Crippen LogP contribution in [-0.2, 0) is 4.79 Å². The van der Waals surface area contributed by atoms with Gasteiger partial charge >= 0.3 is 0 Å². The van der Waals surface area contributed by atoms with Crippen molar-refractivity contribution in [2.45, 2.75) is 18.9 Å². The summed E-state index contributed by atoms with van der Waals surface area (Å²) in [5, 5.41) is 2.94. The van der Waals surface area contributed by atoms with Gasteiger partial charge < -0.3 is 15.2 Å². The molecular formula is C20H19N5O2. The third-order valence-corrected chi connectivity index (χ3v) is 4.64. The molecule has 136 valence electrons. The van der Waals surface area contributed by atoms with Gasteiger partial charge in [-0.1, -0.05) is 0 Å². The fourth-order valence-electron chi connectivity index (χ4n) is 3.31. The zero-order valence-electron chi connectivity index (χ0n) is 14.6. The van der Waals surface area contributed by atoms with Crippen molar-refractivity contribution in [3.8, 4) is 11.3 Å². The summed E-state index contributed by atoms with van der Waals surface area (Å²) in [7, 11) is 0. The van der Waals surface area contributed by atoms with Gasteiger partial charge in [0.15, 0.2) is 0 Å². The van der Waals surface area contributed by atoms with E-state index < -0.39 is 0 Å². The predicted molar refractivity (Wildman–Crippen MR) is 104 cm³/mol. The third kappa shape index (κ3) is 3.72. The molecule has 0 spiro atoms. The van der Waals surface area contributed by atoms with Gasteiger partial charge in [-0.05, 0) is 43.2 Å². The fraction of sp³-hybridized carbons (Fsp3) is 0.200. The second kappa shape index (κ2) is 7.41. The highest BCUT2D eigenvalue weighted by atomic mass is 16.2. The minimum Gasteiger partial charge on any atom is -0.358 e. The van der Waals surface area contributed by atoms with Gasteiger partial charge in [-0.25, -0.2) is 0 Å². The number of H-pyrrole nitrogens is 1. The maximum Gasteiger partial charge on any atom is 0.248 e. The Hall–Kier alpha value is -3.48. The maximum absolute atomic E-state index is 12.8. The third-order valence-electron chi connectivity index (χ3n) is 4.64. The number of carbonyl (C=O) groups excluding carboxylic acids is 1. The molecule has 7 heteroatoms. The molecule has 27 heavy (non-hydrogen) atoms. The molecule has 1 aliphatic heterocycles. The van der Waals surface area contributed by atoms with E-state index in [4.69, 9.17) is 0 Å². The lowest BCUT2D eigenvalue weighted by Crippen LogP contribution is -2.40. The number of nitrogens with zero attached hydrogens (tertiary/aromatic N) is 3. The molecule has 1 aliphatic rings. The smallest absolute Gasteiger partial charge is 0.248 e. The van der Waals surface area contributed by atoms with Crippen LogP contribution in [0.15, 0.2) is 66.0 Å². The summed E-state index contributed by atoms with van der Waals surface area (Å²) in [5.41, 5.74) is 3.07. The van der Waals surface area contributed by atoms with Gasteiger partial charge in [0.25, 0.3) is 0 Å². The zero-order chi connectivity index (χ0) is 18.6. The summed E-state index contributed by atoms with van der Waals surface area (Å²) >= 11 is 0. The molecule has 0 aliphatic carbocycles. The van der Waals surface area contributed by atoms with Crippen LogP contribution in [0, 0.1) is 0 Å². The number of hydrogen-bond donors (Lipinski definition) is 2. The van der Waals surface area contributed by atoms with Crippen LogP contribution in [0.4, 0.5) is 11.4 Å². The Morgan fingerprint density at radius 1 is 1.19 bits per heavy atom. The molecule has 1 amide bonds. The van der Waals surface area contributed by atoms with E-state index >= 15 is 0 Å². The van der Waals surface area contributed by atoms with E-state index in [1.54, 1.807) is 30.9 Å². The Kier molecular flexibility index (Phi) is 4.65. The quantitative estimate of drug-likeness (QED) is 0.745. The normalized spacial score (nSPS) is 16.3. The molecule has 7 nitrogen and oxygen atoms in total. The molecule has 2 N–H and O–H groups in total. The van der Waals surface area contributed by atoms with Crippen molar-refractivity contribution < 1.29 is 4.79 Å². The molecule has 3 aromatic rings. The van der Waals surface area contributed by atoms with Crippen LogP contribution in [0.5, 0.6) is 0 Å². The summed E-state index contributed by atoms with van der Waals surface area (Å²) in [5.74, 6) is -0.0744. The van der Waals surface area contributed by atoms with Crippen molar-refractivity contribution in [1.29, 1.82) is 0 Å². The first-order valence-corrected chi connectivity index (χ1v) is 8.83. The van der Waals surface area contributed by atoms with Crippen molar-refractivity contribution in [3.05, 3.63) is 71.5 Å². The molecule has 0 saturated carbocycles. The Bertz CT molecular complexity index is 965. The highest BCUT2D eigenvalue weighted by Gasteiger charge is 2.31. The number of carbonyl (C=O) groups is 1.